The molecule has 10 heteroatoms. The molecule has 0 aliphatic rings. The molecular formula is C26H19FN8O. The Bertz CT molecular complexity index is 1760. The highest BCUT2D eigenvalue weighted by Crippen LogP contribution is 2.32. The van der Waals surface area contributed by atoms with Gasteiger partial charge in [-0.2, -0.15) is 5.10 Å². The van der Waals surface area contributed by atoms with E-state index in [0.717, 1.165) is 22.1 Å². The number of carbonyl (C=O) groups is 1. The number of carbonyl (C=O) groups excluding carboxylic acids is 1. The number of halogens is 1. The average Bonchev–Trinajstić information content (AvgIpc) is 3.52. The first kappa shape index (κ1) is 21.5. The second kappa shape index (κ2) is 8.66. The third-order valence-corrected chi connectivity index (χ3v) is 5.84. The zero-order valence-electron chi connectivity index (χ0n) is 19.1. The summed E-state index contributed by atoms with van der Waals surface area (Å²) < 4.78 is 13.8. The maximum absolute atomic E-state index is 13.8. The Labute approximate surface area is 203 Å². The lowest BCUT2D eigenvalue weighted by molar-refractivity contribution is -0.115. The second-order valence-corrected chi connectivity index (χ2v) is 8.21. The summed E-state index contributed by atoms with van der Waals surface area (Å²) in [5.41, 5.74) is 6.03. The van der Waals surface area contributed by atoms with Gasteiger partial charge in [0.2, 0.25) is 5.91 Å². The fourth-order valence-electron chi connectivity index (χ4n) is 4.07. The predicted octanol–water partition coefficient (Wildman–Crippen LogP) is 5.11. The van der Waals surface area contributed by atoms with E-state index in [1.165, 1.54) is 12.1 Å². The molecule has 176 valence electrons. The molecule has 0 aliphatic heterocycles. The quantitative estimate of drug-likeness (QED) is 0.316. The number of hydrogen-bond acceptors (Lipinski definition) is 6. The number of imidazole rings is 1. The number of nitrogens with one attached hydrogen (secondary N) is 3. The van der Waals surface area contributed by atoms with Crippen molar-refractivity contribution >= 4 is 33.8 Å². The number of aromatic amines is 2. The van der Waals surface area contributed by atoms with Crippen LogP contribution >= 0.6 is 0 Å². The molecule has 6 aromatic rings. The van der Waals surface area contributed by atoms with Crippen molar-refractivity contribution in [3.8, 4) is 33.8 Å². The summed E-state index contributed by atoms with van der Waals surface area (Å²) >= 11 is 0. The van der Waals surface area contributed by atoms with Gasteiger partial charge in [0, 0.05) is 41.7 Å². The highest BCUT2D eigenvalue weighted by atomic mass is 19.1. The van der Waals surface area contributed by atoms with Crippen LogP contribution in [0.1, 0.15) is 13.3 Å². The zero-order valence-corrected chi connectivity index (χ0v) is 19.1. The highest BCUT2D eigenvalue weighted by molar-refractivity contribution is 5.96. The smallest absolute Gasteiger partial charge is 0.224 e. The van der Waals surface area contributed by atoms with Crippen LogP contribution in [0, 0.1) is 5.82 Å². The van der Waals surface area contributed by atoms with E-state index in [0.29, 0.717) is 46.0 Å². The minimum absolute atomic E-state index is 0.0873. The fourth-order valence-corrected chi connectivity index (χ4v) is 4.07. The predicted molar refractivity (Wildman–Crippen MR) is 134 cm³/mol. The van der Waals surface area contributed by atoms with Crippen molar-refractivity contribution in [3.05, 3.63) is 73.1 Å². The Balaban J connectivity index is 1.43. The monoisotopic (exact) mass is 478 g/mol. The molecule has 0 atom stereocenters. The molecular weight excluding hydrogens is 459 g/mol. The van der Waals surface area contributed by atoms with E-state index in [-0.39, 0.29) is 11.7 Å². The molecule has 1 aromatic carbocycles. The molecule has 0 spiro atoms. The van der Waals surface area contributed by atoms with Crippen LogP contribution in [0.25, 0.3) is 56.0 Å². The van der Waals surface area contributed by atoms with Crippen LogP contribution in [0.4, 0.5) is 10.1 Å². The van der Waals surface area contributed by atoms with Gasteiger partial charge in [-0.1, -0.05) is 19.1 Å². The number of rotatable bonds is 5. The largest absolute Gasteiger partial charge is 0.325 e. The van der Waals surface area contributed by atoms with E-state index in [1.807, 2.05) is 18.2 Å². The normalized spacial score (nSPS) is 11.3. The molecule has 0 radical (unpaired) electrons. The van der Waals surface area contributed by atoms with E-state index < -0.39 is 0 Å². The van der Waals surface area contributed by atoms with Gasteiger partial charge in [0.15, 0.2) is 17.1 Å². The Morgan fingerprint density at radius 2 is 1.89 bits per heavy atom. The molecule has 1 amide bonds. The molecule has 0 saturated heterocycles. The van der Waals surface area contributed by atoms with Gasteiger partial charge in [0.05, 0.1) is 17.3 Å². The summed E-state index contributed by atoms with van der Waals surface area (Å²) in [6.45, 7) is 1.79. The Hall–Kier alpha value is -4.99. The second-order valence-electron chi connectivity index (χ2n) is 8.21. The third-order valence-electron chi connectivity index (χ3n) is 5.84. The van der Waals surface area contributed by atoms with Crippen LogP contribution in [0.2, 0.25) is 0 Å². The van der Waals surface area contributed by atoms with Gasteiger partial charge in [-0.15, -0.1) is 0 Å². The molecule has 0 fully saturated rings. The van der Waals surface area contributed by atoms with Crippen LogP contribution in [-0.2, 0) is 4.79 Å². The summed E-state index contributed by atoms with van der Waals surface area (Å²) in [5.74, 6) is 0.0994. The van der Waals surface area contributed by atoms with Gasteiger partial charge in [-0.25, -0.2) is 19.3 Å². The molecule has 6 rings (SSSR count). The number of benzene rings is 1. The standard InChI is InChI=1S/C26H19FN8O/c1-2-21(36)31-18-9-15(11-28-13-18)16-10-20-23(34-35-24(20)30-12-16)26-32-22-19(6-7-29-25(22)33-26)14-4-3-5-17(27)8-14/h3-13H,2H2,1H3,(H,31,36)(H,29,32,33)(H,30,34,35). The Morgan fingerprint density at radius 1 is 1.00 bits per heavy atom. The first-order valence-corrected chi connectivity index (χ1v) is 11.3. The Kier molecular flexibility index (Phi) is 5.18. The van der Waals surface area contributed by atoms with Gasteiger partial charge in [0.1, 0.15) is 17.0 Å². The van der Waals surface area contributed by atoms with E-state index >= 15 is 0 Å². The molecule has 5 heterocycles. The molecule has 5 aromatic heterocycles. The lowest BCUT2D eigenvalue weighted by Gasteiger charge is -2.06. The molecule has 0 unspecified atom stereocenters. The van der Waals surface area contributed by atoms with Crippen molar-refractivity contribution in [2.24, 2.45) is 0 Å². The van der Waals surface area contributed by atoms with Crippen LogP contribution in [0.15, 0.2) is 67.3 Å². The molecule has 36 heavy (non-hydrogen) atoms. The number of hydrogen-bond donors (Lipinski definition) is 3. The lowest BCUT2D eigenvalue weighted by atomic mass is 10.1. The zero-order chi connectivity index (χ0) is 24.6. The maximum Gasteiger partial charge on any atom is 0.224 e. The number of H-pyrrole nitrogens is 2. The van der Waals surface area contributed by atoms with Crippen molar-refractivity contribution in [3.63, 3.8) is 0 Å². The molecule has 3 N–H and O–H groups in total. The van der Waals surface area contributed by atoms with E-state index in [2.05, 4.69) is 35.5 Å². The van der Waals surface area contributed by atoms with Crippen molar-refractivity contribution in [2.75, 3.05) is 5.32 Å². The number of aromatic nitrogens is 7. The summed E-state index contributed by atoms with van der Waals surface area (Å²) in [4.78, 5) is 32.9. The van der Waals surface area contributed by atoms with Crippen LogP contribution in [0.5, 0.6) is 0 Å². The topological polar surface area (TPSA) is 125 Å². The van der Waals surface area contributed by atoms with Gasteiger partial charge < -0.3 is 10.3 Å². The number of nitrogens with zero attached hydrogens (tertiary/aromatic N) is 5. The minimum atomic E-state index is -0.321. The number of pyridine rings is 3. The summed E-state index contributed by atoms with van der Waals surface area (Å²) in [7, 11) is 0. The van der Waals surface area contributed by atoms with Crippen molar-refractivity contribution < 1.29 is 9.18 Å². The summed E-state index contributed by atoms with van der Waals surface area (Å²) in [6.07, 6.45) is 7.06. The van der Waals surface area contributed by atoms with E-state index in [4.69, 9.17) is 4.98 Å². The molecule has 0 bridgehead atoms. The van der Waals surface area contributed by atoms with Crippen molar-refractivity contribution in [1.82, 2.24) is 35.1 Å². The van der Waals surface area contributed by atoms with E-state index in [1.54, 1.807) is 43.8 Å². The number of amides is 1. The lowest BCUT2D eigenvalue weighted by Crippen LogP contribution is -2.09. The third kappa shape index (κ3) is 3.84. The van der Waals surface area contributed by atoms with Gasteiger partial charge in [-0.3, -0.25) is 14.9 Å². The van der Waals surface area contributed by atoms with E-state index in [9.17, 15) is 9.18 Å². The van der Waals surface area contributed by atoms with Gasteiger partial charge in [-0.05, 0) is 35.9 Å². The van der Waals surface area contributed by atoms with Crippen LogP contribution in [-0.4, -0.2) is 41.0 Å². The Morgan fingerprint density at radius 3 is 2.75 bits per heavy atom. The number of anilines is 1. The first-order valence-electron chi connectivity index (χ1n) is 11.3. The van der Waals surface area contributed by atoms with Gasteiger partial charge in [0.25, 0.3) is 0 Å². The number of fused-ring (bicyclic) bond motifs is 2. The van der Waals surface area contributed by atoms with Crippen LogP contribution in [0.3, 0.4) is 0 Å². The SMILES string of the molecule is CCC(=O)Nc1cncc(-c2cnc3[nH]nc(-c4nc5c(-c6cccc(F)c6)ccnc5[nH]4)c3c2)c1. The van der Waals surface area contributed by atoms with Gasteiger partial charge >= 0.3 is 0 Å². The molecule has 0 saturated carbocycles. The summed E-state index contributed by atoms with van der Waals surface area (Å²) in [5, 5.41) is 11.0. The van der Waals surface area contributed by atoms with Crippen molar-refractivity contribution in [2.45, 2.75) is 13.3 Å². The average molecular weight is 478 g/mol. The minimum Gasteiger partial charge on any atom is -0.325 e. The van der Waals surface area contributed by atoms with Crippen molar-refractivity contribution in [1.29, 1.82) is 0 Å². The first-order chi connectivity index (χ1) is 17.6. The van der Waals surface area contributed by atoms with Crippen LogP contribution < -0.4 is 5.32 Å². The fraction of sp³-hybridized carbons (Fsp3) is 0.0769. The maximum atomic E-state index is 13.8. The molecule has 0 aliphatic carbocycles. The summed E-state index contributed by atoms with van der Waals surface area (Å²) in [6, 6.07) is 12.0. The highest BCUT2D eigenvalue weighted by Gasteiger charge is 2.17. The molecule has 9 nitrogen and oxygen atoms in total.